The molecule has 2 heterocycles. The first-order chi connectivity index (χ1) is 30.9. The summed E-state index contributed by atoms with van der Waals surface area (Å²) < 4.78 is 7.10. The lowest BCUT2D eigenvalue weighted by Crippen LogP contribution is -2.70. The summed E-state index contributed by atoms with van der Waals surface area (Å²) in [5, 5.41) is 94.8. The summed E-state index contributed by atoms with van der Waals surface area (Å²) in [5.74, 6) is -0.882. The van der Waals surface area contributed by atoms with E-state index in [-0.39, 0.29) is 68.0 Å². The van der Waals surface area contributed by atoms with E-state index in [1.165, 1.54) is 19.3 Å². The zero-order chi connectivity index (χ0) is 46.7. The molecule has 0 radical (unpaired) electrons. The minimum Gasteiger partial charge on any atom is -0.396 e. The third-order valence-corrected chi connectivity index (χ3v) is 19.4. The number of ketones is 1. The van der Waals surface area contributed by atoms with Crippen molar-refractivity contribution in [1.82, 2.24) is 16.0 Å². The maximum Gasteiger partial charge on any atom is 0.182 e. The van der Waals surface area contributed by atoms with Crippen LogP contribution in [0.4, 0.5) is 0 Å². The fraction of sp³-hybridized carbons (Fsp3) is 0.865. The number of aliphatic hydroxyl groups excluding tert-OH is 4. The summed E-state index contributed by atoms with van der Waals surface area (Å²) in [6.45, 7) is 8.45. The van der Waals surface area contributed by atoms with Crippen LogP contribution in [0.15, 0.2) is 34.7 Å². The Bertz CT molecular complexity index is 1820. The van der Waals surface area contributed by atoms with Crippen LogP contribution in [0.2, 0.25) is 0 Å². The highest BCUT2D eigenvalue weighted by atomic mass is 16.5. The second-order valence-electron chi connectivity index (χ2n) is 23.0. The molecule has 0 bridgehead atoms. The predicted molar refractivity (Wildman–Crippen MR) is 250 cm³/mol. The van der Waals surface area contributed by atoms with E-state index in [0.29, 0.717) is 68.9 Å². The topological polar surface area (TPSA) is 230 Å². The molecule has 6 aliphatic carbocycles. The van der Waals surface area contributed by atoms with Gasteiger partial charge in [-0.2, -0.15) is 0 Å². The van der Waals surface area contributed by atoms with E-state index in [1.807, 2.05) is 26.1 Å². The van der Waals surface area contributed by atoms with Crippen LogP contribution in [0.3, 0.4) is 0 Å². The summed E-state index contributed by atoms with van der Waals surface area (Å²) in [7, 11) is 1.91. The minimum absolute atomic E-state index is 0.0314. The first-order valence-electron chi connectivity index (χ1n) is 26.0. The zero-order valence-corrected chi connectivity index (χ0v) is 40.2. The van der Waals surface area contributed by atoms with E-state index in [1.54, 1.807) is 6.92 Å². The number of fused-ring (bicyclic) bond motifs is 8. The average molecular weight is 911 g/mol. The highest BCUT2D eigenvalue weighted by Crippen LogP contribution is 2.72. The van der Waals surface area contributed by atoms with Crippen molar-refractivity contribution in [2.75, 3.05) is 26.7 Å². The van der Waals surface area contributed by atoms with Crippen molar-refractivity contribution in [2.45, 2.75) is 203 Å². The van der Waals surface area contributed by atoms with E-state index in [2.05, 4.69) is 29.8 Å². The molecule has 0 amide bonds. The van der Waals surface area contributed by atoms with Gasteiger partial charge in [0.25, 0.3) is 0 Å². The Morgan fingerprint density at radius 1 is 1.03 bits per heavy atom. The van der Waals surface area contributed by atoms with Crippen molar-refractivity contribution < 1.29 is 45.3 Å². The van der Waals surface area contributed by atoms with Crippen LogP contribution in [0.25, 0.3) is 0 Å². The number of nitrogens with one attached hydrogen (secondary N) is 3. The second kappa shape index (κ2) is 19.1. The van der Waals surface area contributed by atoms with Gasteiger partial charge in [0.2, 0.25) is 0 Å². The van der Waals surface area contributed by atoms with E-state index in [9.17, 15) is 35.7 Å². The van der Waals surface area contributed by atoms with Gasteiger partial charge in [-0.3, -0.25) is 4.79 Å². The van der Waals surface area contributed by atoms with Gasteiger partial charge in [-0.15, -0.1) is 0 Å². The Hall–Kier alpha value is -1.91. The molecule has 13 heteroatoms. The highest BCUT2D eigenvalue weighted by molar-refractivity contribution is 6.00. The Morgan fingerprint density at radius 2 is 1.80 bits per heavy atom. The molecule has 0 spiro atoms. The van der Waals surface area contributed by atoms with Gasteiger partial charge in [0.05, 0.1) is 53.6 Å². The van der Waals surface area contributed by atoms with Crippen LogP contribution >= 0.6 is 0 Å². The molecule has 65 heavy (non-hydrogen) atoms. The number of ether oxygens (including phenoxy) is 1. The van der Waals surface area contributed by atoms with E-state index < -0.39 is 69.8 Å². The number of carbonyl (C=O) groups is 1. The quantitative estimate of drug-likeness (QED) is 0.111. The molecule has 0 aromatic rings. The number of hydrogen-bond acceptors (Lipinski definition) is 13. The van der Waals surface area contributed by atoms with Crippen molar-refractivity contribution in [1.29, 1.82) is 0 Å². The molecular weight excluding hydrogens is 825 g/mol. The van der Waals surface area contributed by atoms with Crippen LogP contribution in [-0.2, 0) is 9.53 Å². The predicted octanol–water partition coefficient (Wildman–Crippen LogP) is 4.21. The number of aliphatic hydroxyl groups is 7. The number of allylic oxidation sites excluding steroid dienone is 4. The number of rotatable bonds is 15. The number of nitrogens with two attached hydrogens (primary N) is 1. The third kappa shape index (κ3) is 8.33. The monoisotopic (exact) mass is 911 g/mol. The molecule has 1 unspecified atom stereocenters. The number of Topliss-reactive ketones (excluding diaryl/α,β-unsaturated/α-hetero) is 1. The Labute approximate surface area is 388 Å². The van der Waals surface area contributed by atoms with Gasteiger partial charge in [0, 0.05) is 30.2 Å². The first-order valence-corrected chi connectivity index (χ1v) is 26.0. The van der Waals surface area contributed by atoms with Crippen molar-refractivity contribution in [3.63, 3.8) is 0 Å². The maximum atomic E-state index is 15.5. The van der Waals surface area contributed by atoms with Gasteiger partial charge in [0.1, 0.15) is 5.60 Å². The molecule has 0 aromatic heterocycles. The molecule has 8 rings (SSSR count). The SMILES string of the molecule is CCC[C@H]1CC[C@H]2[C@@H]3CCCC[C@](O)([C@](C)(O)[C@H]4CC[C@@]5(O)C6=C(NC[C@H](C)O)C(=O)[C@@H]7C[C@@H](O)[C@@H](O)C[C@]7(CCC7=C(CCCO)NC(N)C=C7)[C@H]6[C@@H](CNC)C[C@]45C)[C@@H]3O[C@@H]2CC1. The van der Waals surface area contributed by atoms with Crippen LogP contribution in [0.1, 0.15) is 150 Å². The van der Waals surface area contributed by atoms with Gasteiger partial charge in [-0.05, 0) is 175 Å². The van der Waals surface area contributed by atoms with Crippen molar-refractivity contribution >= 4 is 5.78 Å². The largest absolute Gasteiger partial charge is 0.396 e. The van der Waals surface area contributed by atoms with Gasteiger partial charge in [-0.1, -0.05) is 52.0 Å². The van der Waals surface area contributed by atoms with Crippen molar-refractivity contribution in [3.05, 3.63) is 34.7 Å². The van der Waals surface area contributed by atoms with Crippen molar-refractivity contribution in [3.8, 4) is 0 Å². The van der Waals surface area contributed by atoms with Gasteiger partial charge >= 0.3 is 0 Å². The third-order valence-electron chi connectivity index (χ3n) is 19.4. The highest BCUT2D eigenvalue weighted by Gasteiger charge is 2.75. The standard InChI is InChI=1S/C52H86N4O9/c1-6-10-31-13-16-34-35-11-7-8-21-52(64,47(35)65-40(34)17-14-31)49(4,62)41-20-23-51(63)44-43(33(29-54-5)26-48(41,51)3)50(22-19-32-15-18-42(53)56-37(32)12-9-24-57)27-39(60)38(59)25-36(50)46(61)45(44)55-28-30(2)58/h15,18,30-31,33-36,38-43,47,54-60,62-64H,6-14,16-17,19-29,53H2,1-5H3/t30-,31-,33+,34-,35-,36-,38+,39-,40+,41-,42?,43-,47+,48+,49+,50-,51+,52+/m0/s1. The molecule has 1 saturated heterocycles. The normalized spacial score (nSPS) is 45.3. The number of carbonyl (C=O) groups excluding carboxylic acids is 1. The molecule has 6 fully saturated rings. The summed E-state index contributed by atoms with van der Waals surface area (Å²) in [5.41, 5.74) is 2.43. The molecule has 12 N–H and O–H groups in total. The van der Waals surface area contributed by atoms with E-state index in [4.69, 9.17) is 10.5 Å². The molecule has 368 valence electrons. The summed E-state index contributed by atoms with van der Waals surface area (Å²) in [4.78, 5) is 15.5. The van der Waals surface area contributed by atoms with Crippen molar-refractivity contribution in [2.24, 2.45) is 58.0 Å². The first kappa shape index (κ1) is 49.5. The molecule has 8 aliphatic rings. The summed E-state index contributed by atoms with van der Waals surface area (Å²) >= 11 is 0. The van der Waals surface area contributed by atoms with Gasteiger partial charge < -0.3 is 62.2 Å². The molecule has 0 aromatic carbocycles. The van der Waals surface area contributed by atoms with Crippen LogP contribution in [-0.4, -0.2) is 122 Å². The van der Waals surface area contributed by atoms with Gasteiger partial charge in [-0.25, -0.2) is 0 Å². The molecule has 18 atom stereocenters. The number of dihydropyridines is 1. The Balaban J connectivity index is 1.22. The summed E-state index contributed by atoms with van der Waals surface area (Å²) in [6, 6.07) is 0. The molecular formula is C52H86N4O9. The van der Waals surface area contributed by atoms with Crippen LogP contribution < -0.4 is 21.7 Å². The molecule has 13 nitrogen and oxygen atoms in total. The minimum atomic E-state index is -1.67. The van der Waals surface area contributed by atoms with E-state index in [0.717, 1.165) is 49.8 Å². The Morgan fingerprint density at radius 3 is 2.52 bits per heavy atom. The lowest BCUT2D eigenvalue weighted by molar-refractivity contribution is -0.254. The zero-order valence-electron chi connectivity index (χ0n) is 40.2. The smallest absolute Gasteiger partial charge is 0.182 e. The van der Waals surface area contributed by atoms with Gasteiger partial charge in [0.15, 0.2) is 5.78 Å². The maximum absolute atomic E-state index is 15.5. The fourth-order valence-corrected chi connectivity index (χ4v) is 16.4. The molecule has 2 aliphatic heterocycles. The second-order valence-corrected chi connectivity index (χ2v) is 23.0. The lowest BCUT2D eigenvalue weighted by Gasteiger charge is -2.65. The average Bonchev–Trinajstić information content (AvgIpc) is 3.59. The van der Waals surface area contributed by atoms with Crippen LogP contribution in [0, 0.1) is 52.3 Å². The summed E-state index contributed by atoms with van der Waals surface area (Å²) in [6.07, 6.45) is 13.6. The molecule has 5 saturated carbocycles. The van der Waals surface area contributed by atoms with Crippen LogP contribution in [0.5, 0.6) is 0 Å². The number of hydrogen-bond donors (Lipinski definition) is 11. The Kier molecular flexibility index (Phi) is 14.6. The van der Waals surface area contributed by atoms with E-state index >= 15 is 4.79 Å². The fourth-order valence-electron chi connectivity index (χ4n) is 16.4. The lowest BCUT2D eigenvalue weighted by atomic mass is 9.41.